The van der Waals surface area contributed by atoms with Crippen molar-refractivity contribution in [1.29, 1.82) is 0 Å². The van der Waals surface area contributed by atoms with Gasteiger partial charge in [-0.05, 0) is 29.3 Å². The number of ether oxygens (including phenoxy) is 1. The number of benzene rings is 2. The third-order valence-electron chi connectivity index (χ3n) is 8.05. The van der Waals surface area contributed by atoms with E-state index < -0.39 is 29.6 Å². The van der Waals surface area contributed by atoms with Gasteiger partial charge in [-0.1, -0.05) is 58.4 Å². The lowest BCUT2D eigenvalue weighted by Gasteiger charge is -2.37. The highest BCUT2D eigenvalue weighted by Crippen LogP contribution is 2.60. The number of amides is 3. The Balaban J connectivity index is 1.58. The Hall–Kier alpha value is -3.01. The van der Waals surface area contributed by atoms with Crippen LogP contribution in [-0.2, 0) is 19.1 Å². The van der Waals surface area contributed by atoms with E-state index in [2.05, 4.69) is 29.1 Å². The zero-order valence-electron chi connectivity index (χ0n) is 21.3. The minimum Gasteiger partial charge on any atom is -0.395 e. The Bertz CT molecular complexity index is 1300. The van der Waals surface area contributed by atoms with Gasteiger partial charge >= 0.3 is 0 Å². The molecular formula is C29H32BrN3O5. The predicted octanol–water partition coefficient (Wildman–Crippen LogP) is 2.74. The van der Waals surface area contributed by atoms with Crippen LogP contribution in [0.15, 0.2) is 67.8 Å². The van der Waals surface area contributed by atoms with E-state index >= 15 is 0 Å². The third-order valence-corrected chi connectivity index (χ3v) is 8.90. The molecule has 0 aliphatic carbocycles. The molecule has 3 amide bonds. The van der Waals surface area contributed by atoms with Crippen molar-refractivity contribution in [2.45, 2.75) is 29.0 Å². The first-order valence-corrected chi connectivity index (χ1v) is 13.7. The molecule has 2 bridgehead atoms. The Morgan fingerprint density at radius 2 is 1.87 bits per heavy atom. The molecule has 38 heavy (non-hydrogen) atoms. The average molecular weight is 582 g/mol. The predicted molar refractivity (Wildman–Crippen MR) is 149 cm³/mol. The van der Waals surface area contributed by atoms with Gasteiger partial charge in [0.15, 0.2) is 0 Å². The van der Waals surface area contributed by atoms with Crippen molar-refractivity contribution in [2.75, 3.05) is 38.2 Å². The Labute approximate surface area is 230 Å². The van der Waals surface area contributed by atoms with Gasteiger partial charge in [0.25, 0.3) is 5.91 Å². The van der Waals surface area contributed by atoms with Gasteiger partial charge < -0.3 is 24.5 Å². The number of likely N-dealkylation sites (tertiary alicyclic amines) is 1. The molecule has 5 rings (SSSR count). The van der Waals surface area contributed by atoms with Crippen LogP contribution in [0.4, 0.5) is 5.69 Å². The van der Waals surface area contributed by atoms with Crippen molar-refractivity contribution < 1.29 is 24.2 Å². The molecule has 1 spiro atoms. The number of likely N-dealkylation sites (N-methyl/N-ethyl adjacent to an activating group) is 1. The van der Waals surface area contributed by atoms with Crippen molar-refractivity contribution in [2.24, 2.45) is 11.8 Å². The highest BCUT2D eigenvalue weighted by molar-refractivity contribution is 9.09. The molecule has 1 N–H and O–H groups in total. The minimum atomic E-state index is -1.19. The number of rotatable bonds is 9. The molecule has 2 aromatic carbocycles. The lowest BCUT2D eigenvalue weighted by atomic mass is 9.70. The number of nitrogens with zero attached hydrogens (tertiary/aromatic N) is 3. The summed E-state index contributed by atoms with van der Waals surface area (Å²) in [5.74, 6) is -2.42. The maximum absolute atomic E-state index is 14.4. The Morgan fingerprint density at radius 3 is 2.55 bits per heavy atom. The number of hydrogen-bond acceptors (Lipinski definition) is 5. The van der Waals surface area contributed by atoms with Crippen molar-refractivity contribution in [3.63, 3.8) is 0 Å². The zero-order chi connectivity index (χ0) is 27.2. The largest absolute Gasteiger partial charge is 0.395 e. The number of fused-ring (bicyclic) bond motifs is 2. The van der Waals surface area contributed by atoms with Crippen molar-refractivity contribution in [1.82, 2.24) is 9.80 Å². The van der Waals surface area contributed by atoms with Crippen molar-refractivity contribution in [3.8, 4) is 0 Å². The second-order valence-corrected chi connectivity index (χ2v) is 11.4. The van der Waals surface area contributed by atoms with Gasteiger partial charge in [0, 0.05) is 37.2 Å². The van der Waals surface area contributed by atoms with E-state index in [4.69, 9.17) is 4.74 Å². The summed E-state index contributed by atoms with van der Waals surface area (Å²) >= 11 is 3.68. The Morgan fingerprint density at radius 1 is 1.16 bits per heavy atom. The molecule has 0 aromatic heterocycles. The lowest BCUT2D eigenvalue weighted by molar-refractivity contribution is -0.144. The standard InChI is InChI=1S/C29H32BrN3O5/c1-4-12-31(3)26(35)22-23-27(36)33(14-15-34)25(29(23)17-21(30)24(22)38-29)28(37)32(13-5-2)20-11-10-18-8-6-7-9-19(18)16-20/h4-11,16,21-25,34H,1-2,12-15,17H2,3H3/t21?,22-,23-,24-,25?,29?/m0/s1. The van der Waals surface area contributed by atoms with Gasteiger partial charge in [-0.3, -0.25) is 14.4 Å². The van der Waals surface area contributed by atoms with Gasteiger partial charge in [0.1, 0.15) is 11.6 Å². The van der Waals surface area contributed by atoms with Gasteiger partial charge in [-0.2, -0.15) is 0 Å². The van der Waals surface area contributed by atoms with Crippen molar-refractivity contribution in [3.05, 3.63) is 67.8 Å². The van der Waals surface area contributed by atoms with Gasteiger partial charge in [0.2, 0.25) is 11.8 Å². The number of carbonyl (C=O) groups excluding carboxylic acids is 3. The fourth-order valence-corrected chi connectivity index (χ4v) is 7.46. The fraction of sp³-hybridized carbons (Fsp3) is 0.414. The molecule has 8 nitrogen and oxygen atoms in total. The SMILES string of the molecule is C=CCN(C)C(=O)[C@H]1[C@H]2C(=O)N(CCO)C(C(=O)N(CC=C)c3ccc4ccccc4c3)C23CC(Br)[C@@H]1O3. The molecule has 200 valence electrons. The first-order valence-electron chi connectivity index (χ1n) is 12.8. The van der Waals surface area contributed by atoms with E-state index in [1.54, 1.807) is 24.1 Å². The van der Waals surface area contributed by atoms with Crippen LogP contribution in [0, 0.1) is 11.8 Å². The molecule has 3 heterocycles. The van der Waals surface area contributed by atoms with Gasteiger partial charge in [-0.15, -0.1) is 13.2 Å². The maximum atomic E-state index is 14.4. The molecule has 0 saturated carbocycles. The summed E-state index contributed by atoms with van der Waals surface area (Å²) in [5, 5.41) is 11.9. The summed E-state index contributed by atoms with van der Waals surface area (Å²) in [4.78, 5) is 46.2. The first-order chi connectivity index (χ1) is 18.3. The molecule has 6 atom stereocenters. The molecular weight excluding hydrogens is 550 g/mol. The van der Waals surface area contributed by atoms with E-state index in [0.717, 1.165) is 10.8 Å². The Kier molecular flexibility index (Phi) is 7.19. The second kappa shape index (κ2) is 10.3. The van der Waals surface area contributed by atoms with E-state index in [0.29, 0.717) is 18.7 Å². The summed E-state index contributed by atoms with van der Waals surface area (Å²) in [7, 11) is 1.67. The fourth-order valence-electron chi connectivity index (χ4n) is 6.52. The molecule has 0 radical (unpaired) electrons. The quantitative estimate of drug-likeness (QED) is 0.363. The topological polar surface area (TPSA) is 90.4 Å². The van der Waals surface area contributed by atoms with Gasteiger partial charge in [0.05, 0.1) is 24.5 Å². The van der Waals surface area contributed by atoms with E-state index in [1.807, 2.05) is 42.5 Å². The lowest BCUT2D eigenvalue weighted by Crippen LogP contribution is -2.57. The van der Waals surface area contributed by atoms with Crippen LogP contribution in [0.2, 0.25) is 0 Å². The van der Waals surface area contributed by atoms with Crippen molar-refractivity contribution >= 4 is 50.1 Å². The summed E-state index contributed by atoms with van der Waals surface area (Å²) in [6.07, 6.45) is 3.14. The molecule has 3 saturated heterocycles. The van der Waals surface area contributed by atoms with Crippen LogP contribution in [0.3, 0.4) is 0 Å². The normalized spacial score (nSPS) is 29.4. The van der Waals surface area contributed by atoms with Crippen LogP contribution in [0.5, 0.6) is 0 Å². The highest BCUT2D eigenvalue weighted by Gasteiger charge is 2.76. The highest BCUT2D eigenvalue weighted by atomic mass is 79.9. The van der Waals surface area contributed by atoms with Crippen LogP contribution >= 0.6 is 15.9 Å². The van der Waals surface area contributed by atoms with Gasteiger partial charge in [-0.25, -0.2) is 0 Å². The number of anilines is 1. The maximum Gasteiger partial charge on any atom is 0.253 e. The number of halogens is 1. The smallest absolute Gasteiger partial charge is 0.253 e. The van der Waals surface area contributed by atoms with E-state index in [1.165, 1.54) is 9.80 Å². The molecule has 3 aliphatic heterocycles. The van der Waals surface area contributed by atoms with E-state index in [-0.39, 0.29) is 42.2 Å². The second-order valence-electron chi connectivity index (χ2n) is 10.2. The van der Waals surface area contributed by atoms with Crippen LogP contribution in [0.25, 0.3) is 10.8 Å². The minimum absolute atomic E-state index is 0.0302. The summed E-state index contributed by atoms with van der Waals surface area (Å²) in [6.45, 7) is 7.78. The summed E-state index contributed by atoms with van der Waals surface area (Å²) < 4.78 is 6.54. The van der Waals surface area contributed by atoms with Crippen LogP contribution < -0.4 is 4.90 Å². The van der Waals surface area contributed by atoms with Crippen LogP contribution in [-0.4, -0.2) is 88.5 Å². The zero-order valence-corrected chi connectivity index (χ0v) is 22.9. The number of hydrogen-bond donors (Lipinski definition) is 1. The average Bonchev–Trinajstić information content (AvgIpc) is 3.50. The number of β-amino-alcohol motifs (C(OH)–C–C–N with tert-alkyl or cyclic N) is 1. The molecule has 9 heteroatoms. The van der Waals surface area contributed by atoms with E-state index in [9.17, 15) is 19.5 Å². The number of aliphatic hydroxyl groups excluding tert-OH is 1. The van der Waals surface area contributed by atoms with Crippen LogP contribution in [0.1, 0.15) is 6.42 Å². The molecule has 3 fully saturated rings. The number of aliphatic hydroxyl groups is 1. The first kappa shape index (κ1) is 26.6. The summed E-state index contributed by atoms with van der Waals surface area (Å²) in [6, 6.07) is 12.7. The molecule has 2 aromatic rings. The number of carbonyl (C=O) groups is 3. The number of alkyl halides is 1. The monoisotopic (exact) mass is 581 g/mol. The summed E-state index contributed by atoms with van der Waals surface area (Å²) in [5.41, 5.74) is -0.514. The molecule has 3 unspecified atom stereocenters. The molecule has 3 aliphatic rings. The third kappa shape index (κ3) is 3.99.